The van der Waals surface area contributed by atoms with Crippen molar-refractivity contribution in [2.75, 3.05) is 5.75 Å². The summed E-state index contributed by atoms with van der Waals surface area (Å²) in [4.78, 5) is 0. The summed E-state index contributed by atoms with van der Waals surface area (Å²) < 4.78 is 28.6. The van der Waals surface area contributed by atoms with E-state index in [2.05, 4.69) is 16.9 Å². The van der Waals surface area contributed by atoms with Gasteiger partial charge in [-0.2, -0.15) is 0 Å². The molecular weight excluding hydrogens is 332 g/mol. The summed E-state index contributed by atoms with van der Waals surface area (Å²) in [5.74, 6) is -0.0470. The van der Waals surface area contributed by atoms with E-state index < -0.39 is 10.0 Å². The van der Waals surface area contributed by atoms with Crippen LogP contribution in [0.1, 0.15) is 42.7 Å². The van der Waals surface area contributed by atoms with E-state index in [1.165, 1.54) is 0 Å². The van der Waals surface area contributed by atoms with Crippen molar-refractivity contribution in [3.63, 3.8) is 0 Å². The van der Waals surface area contributed by atoms with Gasteiger partial charge in [-0.1, -0.05) is 61.4 Å². The molecule has 2 aromatic carbocycles. The molecule has 4 nitrogen and oxygen atoms in total. The van der Waals surface area contributed by atoms with E-state index in [0.717, 1.165) is 47.9 Å². The van der Waals surface area contributed by atoms with E-state index in [9.17, 15) is 8.42 Å². The van der Waals surface area contributed by atoms with Crippen LogP contribution in [0.15, 0.2) is 48.5 Å². The normalized spacial score (nSPS) is 23.2. The second-order valence-electron chi connectivity index (χ2n) is 7.18. The van der Waals surface area contributed by atoms with E-state index in [-0.39, 0.29) is 23.8 Å². The lowest BCUT2D eigenvalue weighted by atomic mass is 9.92. The van der Waals surface area contributed by atoms with Crippen LogP contribution in [0.3, 0.4) is 0 Å². The molecule has 0 spiro atoms. The Morgan fingerprint density at radius 1 is 0.920 bits per heavy atom. The van der Waals surface area contributed by atoms with Crippen molar-refractivity contribution >= 4 is 10.0 Å². The van der Waals surface area contributed by atoms with Crippen molar-refractivity contribution in [3.8, 4) is 11.1 Å². The molecule has 2 aromatic rings. The van der Waals surface area contributed by atoms with Gasteiger partial charge in [-0.15, -0.1) is 0 Å². The Hall–Kier alpha value is -1.69. The van der Waals surface area contributed by atoms with Crippen LogP contribution in [0.2, 0.25) is 0 Å². The molecule has 0 radical (unpaired) electrons. The quantitative estimate of drug-likeness (QED) is 0.884. The van der Waals surface area contributed by atoms with Gasteiger partial charge in [0.15, 0.2) is 0 Å². The Morgan fingerprint density at radius 3 is 2.08 bits per heavy atom. The zero-order valence-corrected chi connectivity index (χ0v) is 15.0. The predicted octanol–water partition coefficient (Wildman–Crippen LogP) is 2.99. The van der Waals surface area contributed by atoms with E-state index in [0.29, 0.717) is 0 Å². The van der Waals surface area contributed by atoms with Gasteiger partial charge in [-0.3, -0.25) is 0 Å². The fourth-order valence-corrected chi connectivity index (χ4v) is 5.89. The van der Waals surface area contributed by atoms with Crippen LogP contribution >= 0.6 is 0 Å². The first-order valence-electron chi connectivity index (χ1n) is 8.99. The first-order valence-corrected chi connectivity index (χ1v) is 10.6. The Morgan fingerprint density at radius 2 is 1.48 bits per heavy atom. The minimum Gasteiger partial charge on any atom is -0.326 e. The summed E-state index contributed by atoms with van der Waals surface area (Å²) in [5.41, 5.74) is 10.6. The van der Waals surface area contributed by atoms with Gasteiger partial charge in [-0.25, -0.2) is 13.1 Å². The molecule has 0 heterocycles. The second-order valence-corrected chi connectivity index (χ2v) is 8.98. The molecular formula is C20H24N2O2S. The SMILES string of the molecule is NC1CCCCC1NS(=O)(=O)CC1c2ccccc2-c2ccccc21. The highest BCUT2D eigenvalue weighted by Crippen LogP contribution is 2.44. The number of nitrogens with one attached hydrogen (secondary N) is 1. The van der Waals surface area contributed by atoms with Crippen LogP contribution < -0.4 is 10.5 Å². The number of benzene rings is 2. The summed E-state index contributed by atoms with van der Waals surface area (Å²) >= 11 is 0. The summed E-state index contributed by atoms with van der Waals surface area (Å²) in [6, 6.07) is 16.0. The van der Waals surface area contributed by atoms with E-state index in [1.807, 2.05) is 36.4 Å². The van der Waals surface area contributed by atoms with Crippen molar-refractivity contribution in [1.29, 1.82) is 0 Å². The standard InChI is InChI=1S/C20H24N2O2S/c21-19-11-5-6-12-20(19)22-25(23,24)13-18-16-9-3-1-7-14(16)15-8-2-4-10-17(15)18/h1-4,7-10,18-20,22H,5-6,11-13,21H2. The Bertz CT molecular complexity index is 833. The summed E-state index contributed by atoms with van der Waals surface area (Å²) in [7, 11) is -3.41. The molecule has 0 saturated heterocycles. The number of hydrogen-bond acceptors (Lipinski definition) is 3. The van der Waals surface area contributed by atoms with Crippen molar-refractivity contribution in [1.82, 2.24) is 4.72 Å². The van der Waals surface area contributed by atoms with Crippen molar-refractivity contribution in [2.45, 2.75) is 43.7 Å². The lowest BCUT2D eigenvalue weighted by molar-refractivity contribution is 0.361. The Kier molecular flexibility index (Phi) is 4.40. The predicted molar refractivity (Wildman–Crippen MR) is 101 cm³/mol. The van der Waals surface area contributed by atoms with Crippen LogP contribution in [0.5, 0.6) is 0 Å². The molecule has 2 aliphatic carbocycles. The number of hydrogen-bond donors (Lipinski definition) is 2. The van der Waals surface area contributed by atoms with Crippen molar-refractivity contribution < 1.29 is 8.42 Å². The first kappa shape index (κ1) is 16.8. The number of nitrogens with two attached hydrogens (primary N) is 1. The number of fused-ring (bicyclic) bond motifs is 3. The minimum absolute atomic E-state index is 0.0737. The largest absolute Gasteiger partial charge is 0.326 e. The molecule has 25 heavy (non-hydrogen) atoms. The van der Waals surface area contributed by atoms with Crippen LogP contribution in [-0.2, 0) is 10.0 Å². The summed E-state index contributed by atoms with van der Waals surface area (Å²) in [6.07, 6.45) is 3.85. The molecule has 1 saturated carbocycles. The van der Waals surface area contributed by atoms with E-state index in [1.54, 1.807) is 0 Å². The third-order valence-electron chi connectivity index (χ3n) is 5.50. The maximum Gasteiger partial charge on any atom is 0.212 e. The van der Waals surface area contributed by atoms with Crippen molar-refractivity contribution in [3.05, 3.63) is 59.7 Å². The molecule has 5 heteroatoms. The zero-order valence-electron chi connectivity index (χ0n) is 14.2. The molecule has 132 valence electrons. The first-order chi connectivity index (χ1) is 12.1. The molecule has 2 unspecified atom stereocenters. The molecule has 3 N–H and O–H groups in total. The molecule has 0 aliphatic heterocycles. The highest BCUT2D eigenvalue weighted by molar-refractivity contribution is 7.89. The zero-order chi connectivity index (χ0) is 17.4. The maximum absolute atomic E-state index is 12.9. The van der Waals surface area contributed by atoms with Crippen LogP contribution in [0.4, 0.5) is 0 Å². The number of rotatable bonds is 4. The second kappa shape index (κ2) is 6.56. The smallest absolute Gasteiger partial charge is 0.212 e. The Balaban J connectivity index is 1.61. The van der Waals surface area contributed by atoms with Crippen LogP contribution in [0, 0.1) is 0 Å². The third kappa shape index (κ3) is 3.24. The highest BCUT2D eigenvalue weighted by atomic mass is 32.2. The summed E-state index contributed by atoms with van der Waals surface area (Å²) in [6.45, 7) is 0. The minimum atomic E-state index is -3.41. The van der Waals surface area contributed by atoms with Gasteiger partial charge in [-0.05, 0) is 35.1 Å². The van der Waals surface area contributed by atoms with Gasteiger partial charge in [0.05, 0.1) is 5.75 Å². The topological polar surface area (TPSA) is 72.2 Å². The van der Waals surface area contributed by atoms with E-state index in [4.69, 9.17) is 5.73 Å². The summed E-state index contributed by atoms with van der Waals surface area (Å²) in [5, 5.41) is 0. The lowest BCUT2D eigenvalue weighted by Crippen LogP contribution is -2.50. The molecule has 2 atom stereocenters. The Labute approximate surface area is 149 Å². The molecule has 0 aromatic heterocycles. The lowest BCUT2D eigenvalue weighted by Gasteiger charge is -2.29. The van der Waals surface area contributed by atoms with Crippen molar-refractivity contribution in [2.24, 2.45) is 5.73 Å². The molecule has 2 aliphatic rings. The molecule has 0 amide bonds. The van der Waals surface area contributed by atoms with Gasteiger partial charge in [0, 0.05) is 18.0 Å². The fraction of sp³-hybridized carbons (Fsp3) is 0.400. The fourth-order valence-electron chi connectivity index (χ4n) is 4.24. The monoisotopic (exact) mass is 356 g/mol. The van der Waals surface area contributed by atoms with E-state index >= 15 is 0 Å². The van der Waals surface area contributed by atoms with Gasteiger partial charge in [0.1, 0.15) is 0 Å². The molecule has 4 rings (SSSR count). The average molecular weight is 356 g/mol. The van der Waals surface area contributed by atoms with Gasteiger partial charge in [0.25, 0.3) is 0 Å². The average Bonchev–Trinajstić information content (AvgIpc) is 2.91. The van der Waals surface area contributed by atoms with Crippen LogP contribution in [0.25, 0.3) is 11.1 Å². The third-order valence-corrected chi connectivity index (χ3v) is 6.93. The van der Waals surface area contributed by atoms with Gasteiger partial charge < -0.3 is 5.73 Å². The van der Waals surface area contributed by atoms with Crippen LogP contribution in [-0.4, -0.2) is 26.3 Å². The molecule has 0 bridgehead atoms. The number of sulfonamides is 1. The molecule has 1 fully saturated rings. The highest BCUT2D eigenvalue weighted by Gasteiger charge is 2.33. The van der Waals surface area contributed by atoms with Gasteiger partial charge >= 0.3 is 0 Å². The maximum atomic E-state index is 12.9. The van der Waals surface area contributed by atoms with Gasteiger partial charge in [0.2, 0.25) is 10.0 Å².